The molecule has 1 aromatic rings. The Hall–Kier alpha value is -0.860. The highest BCUT2D eigenvalue weighted by atomic mass is 35.5. The Bertz CT molecular complexity index is 336. The fraction of sp³-hybridized carbons (Fsp3) is 0.333. The monoisotopic (exact) mass is 227 g/mol. The minimum atomic E-state index is -0.289. The Labute approximate surface area is 95.0 Å². The van der Waals surface area contributed by atoms with Crippen LogP contribution in [0.2, 0.25) is 5.02 Å². The first-order chi connectivity index (χ1) is 7.24. The molecule has 0 aliphatic heterocycles. The second-order valence-electron chi connectivity index (χ2n) is 3.30. The van der Waals surface area contributed by atoms with Gasteiger partial charge in [0.2, 0.25) is 0 Å². The van der Waals surface area contributed by atoms with Gasteiger partial charge >= 0.3 is 0 Å². The summed E-state index contributed by atoms with van der Waals surface area (Å²) in [5.41, 5.74) is 0.957. The maximum atomic E-state index is 12.7. The van der Waals surface area contributed by atoms with E-state index in [1.54, 1.807) is 6.07 Å². The molecule has 15 heavy (non-hydrogen) atoms. The van der Waals surface area contributed by atoms with E-state index < -0.39 is 0 Å². The average molecular weight is 228 g/mol. The van der Waals surface area contributed by atoms with Crippen molar-refractivity contribution in [3.63, 3.8) is 0 Å². The summed E-state index contributed by atoms with van der Waals surface area (Å²) in [7, 11) is 1.92. The van der Waals surface area contributed by atoms with Gasteiger partial charge in [0.15, 0.2) is 0 Å². The van der Waals surface area contributed by atoms with E-state index in [1.807, 2.05) is 7.05 Å². The zero-order chi connectivity index (χ0) is 11.1. The van der Waals surface area contributed by atoms with Crippen LogP contribution in [0.5, 0.6) is 0 Å². The molecular weight excluding hydrogens is 213 g/mol. The number of nitrogens with one attached hydrogen (secondary N) is 1. The van der Waals surface area contributed by atoms with Crippen LogP contribution in [-0.4, -0.2) is 13.6 Å². The molecule has 0 heterocycles. The van der Waals surface area contributed by atoms with Gasteiger partial charge < -0.3 is 5.32 Å². The molecule has 0 aliphatic rings. The fourth-order valence-electron chi connectivity index (χ4n) is 1.24. The third-order valence-corrected chi connectivity index (χ3v) is 2.43. The normalized spacial score (nSPS) is 11.1. The van der Waals surface area contributed by atoms with Crippen molar-refractivity contribution in [3.8, 4) is 0 Å². The van der Waals surface area contributed by atoms with Crippen molar-refractivity contribution in [2.24, 2.45) is 0 Å². The van der Waals surface area contributed by atoms with E-state index in [2.05, 4.69) is 17.5 Å². The summed E-state index contributed by atoms with van der Waals surface area (Å²) in [6, 6.07) is 4.50. The molecule has 0 saturated heterocycles. The summed E-state index contributed by atoms with van der Waals surface area (Å²) < 4.78 is 12.7. The molecule has 0 radical (unpaired) electrons. The molecule has 0 saturated carbocycles. The summed E-state index contributed by atoms with van der Waals surface area (Å²) in [4.78, 5) is 0. The minimum absolute atomic E-state index is 0.289. The molecule has 0 unspecified atom stereocenters. The minimum Gasteiger partial charge on any atom is -0.319 e. The standard InChI is InChI=1S/C12H15ClFN/c1-15-8-4-2-3-5-10-6-7-11(14)9-12(10)13/h2-3,6-7,9,15H,4-5,8H2,1H3. The quantitative estimate of drug-likeness (QED) is 0.602. The van der Waals surface area contributed by atoms with Crippen LogP contribution in [0.15, 0.2) is 30.4 Å². The van der Waals surface area contributed by atoms with E-state index in [4.69, 9.17) is 11.6 Å². The summed E-state index contributed by atoms with van der Waals surface area (Å²) in [5.74, 6) is -0.289. The molecule has 1 nitrogen and oxygen atoms in total. The molecule has 0 amide bonds. The lowest BCUT2D eigenvalue weighted by Crippen LogP contribution is -2.05. The second kappa shape index (κ2) is 6.59. The van der Waals surface area contributed by atoms with Crippen molar-refractivity contribution in [2.75, 3.05) is 13.6 Å². The Morgan fingerprint density at radius 2 is 2.20 bits per heavy atom. The van der Waals surface area contributed by atoms with Gasteiger partial charge in [-0.3, -0.25) is 0 Å². The molecule has 0 aliphatic carbocycles. The third kappa shape index (κ3) is 4.45. The van der Waals surface area contributed by atoms with Crippen LogP contribution >= 0.6 is 11.6 Å². The van der Waals surface area contributed by atoms with Gasteiger partial charge in [0.05, 0.1) is 0 Å². The van der Waals surface area contributed by atoms with Gasteiger partial charge in [-0.15, -0.1) is 0 Å². The Morgan fingerprint density at radius 3 is 2.87 bits per heavy atom. The van der Waals surface area contributed by atoms with Crippen molar-refractivity contribution in [3.05, 3.63) is 46.8 Å². The highest BCUT2D eigenvalue weighted by molar-refractivity contribution is 6.31. The SMILES string of the molecule is CNCCC=CCc1ccc(F)cc1Cl. The van der Waals surface area contributed by atoms with Crippen LogP contribution in [0.1, 0.15) is 12.0 Å². The van der Waals surface area contributed by atoms with E-state index in [9.17, 15) is 4.39 Å². The van der Waals surface area contributed by atoms with Crippen LogP contribution in [0.25, 0.3) is 0 Å². The Morgan fingerprint density at radius 1 is 1.40 bits per heavy atom. The summed E-state index contributed by atoms with van der Waals surface area (Å²) in [6.45, 7) is 0.966. The molecule has 82 valence electrons. The average Bonchev–Trinajstić information content (AvgIpc) is 2.20. The molecule has 0 atom stereocenters. The lowest BCUT2D eigenvalue weighted by atomic mass is 10.1. The van der Waals surface area contributed by atoms with Crippen molar-refractivity contribution in [1.82, 2.24) is 5.32 Å². The lowest BCUT2D eigenvalue weighted by Gasteiger charge is -2.00. The topological polar surface area (TPSA) is 12.0 Å². The van der Waals surface area contributed by atoms with E-state index in [0.717, 1.165) is 24.9 Å². The maximum Gasteiger partial charge on any atom is 0.124 e. The van der Waals surface area contributed by atoms with E-state index in [0.29, 0.717) is 5.02 Å². The number of rotatable bonds is 5. The van der Waals surface area contributed by atoms with Crippen LogP contribution < -0.4 is 5.32 Å². The van der Waals surface area contributed by atoms with Gasteiger partial charge in [0.25, 0.3) is 0 Å². The number of halogens is 2. The first-order valence-electron chi connectivity index (χ1n) is 4.97. The van der Waals surface area contributed by atoms with Gasteiger partial charge in [-0.1, -0.05) is 29.8 Å². The van der Waals surface area contributed by atoms with E-state index in [-0.39, 0.29) is 5.82 Å². The van der Waals surface area contributed by atoms with Crippen molar-refractivity contribution in [2.45, 2.75) is 12.8 Å². The summed E-state index contributed by atoms with van der Waals surface area (Å²) >= 11 is 5.88. The zero-order valence-corrected chi connectivity index (χ0v) is 9.52. The van der Waals surface area contributed by atoms with Crippen LogP contribution in [0.4, 0.5) is 4.39 Å². The second-order valence-corrected chi connectivity index (χ2v) is 3.71. The van der Waals surface area contributed by atoms with Crippen molar-refractivity contribution < 1.29 is 4.39 Å². The van der Waals surface area contributed by atoms with Gasteiger partial charge in [-0.25, -0.2) is 4.39 Å². The van der Waals surface area contributed by atoms with Crippen molar-refractivity contribution in [1.29, 1.82) is 0 Å². The molecule has 3 heteroatoms. The van der Waals surface area contributed by atoms with Crippen molar-refractivity contribution >= 4 is 11.6 Å². The van der Waals surface area contributed by atoms with Crippen LogP contribution in [0, 0.1) is 5.82 Å². The Balaban J connectivity index is 2.47. The number of hydrogen-bond donors (Lipinski definition) is 1. The molecule has 0 bridgehead atoms. The van der Waals surface area contributed by atoms with Gasteiger partial charge in [-0.2, -0.15) is 0 Å². The summed E-state index contributed by atoms with van der Waals surface area (Å²) in [5, 5.41) is 3.55. The first kappa shape index (κ1) is 12.2. The van der Waals surface area contributed by atoms with E-state index in [1.165, 1.54) is 12.1 Å². The Kier molecular flexibility index (Phi) is 5.37. The predicted molar refractivity (Wildman–Crippen MR) is 62.8 cm³/mol. The molecule has 0 fully saturated rings. The van der Waals surface area contributed by atoms with E-state index >= 15 is 0 Å². The van der Waals surface area contributed by atoms with Gasteiger partial charge in [0, 0.05) is 5.02 Å². The molecule has 0 spiro atoms. The number of allylic oxidation sites excluding steroid dienone is 1. The van der Waals surface area contributed by atoms with Gasteiger partial charge in [-0.05, 0) is 44.1 Å². The first-order valence-corrected chi connectivity index (χ1v) is 5.35. The molecule has 1 N–H and O–H groups in total. The molecular formula is C12H15ClFN. The zero-order valence-electron chi connectivity index (χ0n) is 8.76. The highest BCUT2D eigenvalue weighted by Crippen LogP contribution is 2.17. The number of hydrogen-bond acceptors (Lipinski definition) is 1. The summed E-state index contributed by atoms with van der Waals surface area (Å²) in [6.07, 6.45) is 5.89. The van der Waals surface area contributed by atoms with Gasteiger partial charge in [0.1, 0.15) is 5.82 Å². The lowest BCUT2D eigenvalue weighted by molar-refractivity contribution is 0.627. The predicted octanol–water partition coefficient (Wildman–Crippen LogP) is 3.19. The third-order valence-electron chi connectivity index (χ3n) is 2.08. The molecule has 1 aromatic carbocycles. The molecule has 0 aromatic heterocycles. The smallest absolute Gasteiger partial charge is 0.124 e. The maximum absolute atomic E-state index is 12.7. The highest BCUT2D eigenvalue weighted by Gasteiger charge is 1.99. The fourth-order valence-corrected chi connectivity index (χ4v) is 1.49. The largest absolute Gasteiger partial charge is 0.319 e. The molecule has 1 rings (SSSR count). The van der Waals surface area contributed by atoms with Crippen LogP contribution in [0.3, 0.4) is 0 Å². The van der Waals surface area contributed by atoms with Crippen LogP contribution in [-0.2, 0) is 6.42 Å². The number of benzene rings is 1.